The fourth-order valence-electron chi connectivity index (χ4n) is 1.81. The third-order valence-corrected chi connectivity index (χ3v) is 2.78. The fraction of sp³-hybridized carbons (Fsp3) is 0.333. The lowest BCUT2D eigenvalue weighted by Gasteiger charge is -2.09. The van der Waals surface area contributed by atoms with E-state index in [1.54, 1.807) is 31.2 Å². The topological polar surface area (TPSA) is 97.1 Å². The zero-order valence-corrected chi connectivity index (χ0v) is 12.7. The molecule has 0 aliphatic carbocycles. The van der Waals surface area contributed by atoms with E-state index in [1.165, 1.54) is 0 Å². The molecule has 1 heterocycles. The quantitative estimate of drug-likeness (QED) is 0.867. The molecule has 0 aliphatic heterocycles. The Bertz CT molecular complexity index is 662. The summed E-state index contributed by atoms with van der Waals surface area (Å²) >= 11 is 0. The number of carbonyl (C=O) groups excluding carboxylic acids is 2. The van der Waals surface area contributed by atoms with Gasteiger partial charge in [-0.25, -0.2) is 0 Å². The minimum absolute atomic E-state index is 0.0431. The molecule has 2 aromatic rings. The van der Waals surface area contributed by atoms with Gasteiger partial charge in [-0.2, -0.15) is 4.98 Å². The highest BCUT2D eigenvalue weighted by atomic mass is 16.5. The van der Waals surface area contributed by atoms with E-state index in [2.05, 4.69) is 20.8 Å². The van der Waals surface area contributed by atoms with Crippen molar-refractivity contribution in [2.45, 2.75) is 26.8 Å². The predicted molar refractivity (Wildman–Crippen MR) is 80.1 cm³/mol. The molecule has 116 valence electrons. The Morgan fingerprint density at radius 3 is 2.45 bits per heavy atom. The average Bonchev–Trinajstić information content (AvgIpc) is 2.91. The van der Waals surface area contributed by atoms with E-state index < -0.39 is 0 Å². The number of benzene rings is 1. The Balaban J connectivity index is 1.95. The molecule has 22 heavy (non-hydrogen) atoms. The van der Waals surface area contributed by atoms with Gasteiger partial charge in [0.15, 0.2) is 5.82 Å². The van der Waals surface area contributed by atoms with Gasteiger partial charge in [-0.1, -0.05) is 5.16 Å². The first-order chi connectivity index (χ1) is 10.5. The summed E-state index contributed by atoms with van der Waals surface area (Å²) in [5, 5.41) is 8.98. The summed E-state index contributed by atoms with van der Waals surface area (Å²) in [7, 11) is 0. The molecule has 2 amide bonds. The highest BCUT2D eigenvalue weighted by Gasteiger charge is 2.10. The van der Waals surface area contributed by atoms with Crippen LogP contribution in [0.2, 0.25) is 0 Å². The maximum Gasteiger partial charge on any atom is 0.257 e. The highest BCUT2D eigenvalue weighted by Crippen LogP contribution is 2.17. The van der Waals surface area contributed by atoms with Crippen LogP contribution in [0, 0.1) is 6.92 Å². The highest BCUT2D eigenvalue weighted by molar-refractivity contribution is 5.96. The van der Waals surface area contributed by atoms with Crippen molar-refractivity contribution in [3.8, 4) is 11.5 Å². The van der Waals surface area contributed by atoms with Crippen molar-refractivity contribution < 1.29 is 14.1 Å². The molecule has 7 heteroatoms. The average molecular weight is 302 g/mol. The number of hydrogen-bond acceptors (Lipinski definition) is 5. The number of amides is 2. The molecule has 1 aromatic heterocycles. The van der Waals surface area contributed by atoms with Crippen molar-refractivity contribution in [3.63, 3.8) is 0 Å². The lowest BCUT2D eigenvalue weighted by atomic mass is 10.1. The maximum absolute atomic E-state index is 11.9. The zero-order chi connectivity index (χ0) is 16.1. The summed E-state index contributed by atoms with van der Waals surface area (Å²) in [6.45, 7) is 5.40. The Hall–Kier alpha value is -2.70. The number of rotatable bonds is 5. The first-order valence-electron chi connectivity index (χ1n) is 6.94. The van der Waals surface area contributed by atoms with Crippen LogP contribution in [0.4, 0.5) is 0 Å². The number of nitrogens with zero attached hydrogens (tertiary/aromatic N) is 2. The van der Waals surface area contributed by atoms with E-state index in [0.29, 0.717) is 17.3 Å². The molecular formula is C15H18N4O3. The van der Waals surface area contributed by atoms with Crippen LogP contribution in [0.1, 0.15) is 30.0 Å². The molecule has 2 N–H and O–H groups in total. The van der Waals surface area contributed by atoms with Crippen LogP contribution < -0.4 is 10.6 Å². The number of carbonyl (C=O) groups is 2. The van der Waals surface area contributed by atoms with Gasteiger partial charge in [0.2, 0.25) is 5.91 Å². The Labute approximate surface area is 128 Å². The third-order valence-electron chi connectivity index (χ3n) is 2.78. The van der Waals surface area contributed by atoms with Crippen LogP contribution in [0.25, 0.3) is 11.5 Å². The van der Waals surface area contributed by atoms with Gasteiger partial charge >= 0.3 is 0 Å². The summed E-state index contributed by atoms with van der Waals surface area (Å²) < 4.78 is 5.05. The van der Waals surface area contributed by atoms with Gasteiger partial charge in [-0.15, -0.1) is 0 Å². The van der Waals surface area contributed by atoms with Crippen LogP contribution in [0.15, 0.2) is 28.8 Å². The molecule has 0 saturated heterocycles. The summed E-state index contributed by atoms with van der Waals surface area (Å²) in [6, 6.07) is 6.77. The maximum atomic E-state index is 11.9. The molecular weight excluding hydrogens is 284 g/mol. The molecule has 0 saturated carbocycles. The van der Waals surface area contributed by atoms with E-state index in [-0.39, 0.29) is 24.4 Å². The summed E-state index contributed by atoms with van der Waals surface area (Å²) in [4.78, 5) is 27.5. The van der Waals surface area contributed by atoms with Gasteiger partial charge in [-0.05, 0) is 45.0 Å². The molecule has 7 nitrogen and oxygen atoms in total. The van der Waals surface area contributed by atoms with E-state index in [9.17, 15) is 9.59 Å². The van der Waals surface area contributed by atoms with Crippen molar-refractivity contribution in [2.24, 2.45) is 0 Å². The van der Waals surface area contributed by atoms with Crippen molar-refractivity contribution in [1.82, 2.24) is 20.8 Å². The van der Waals surface area contributed by atoms with Crippen molar-refractivity contribution in [1.29, 1.82) is 0 Å². The Kier molecular flexibility index (Phi) is 4.88. The lowest BCUT2D eigenvalue weighted by Crippen LogP contribution is -2.39. The van der Waals surface area contributed by atoms with E-state index >= 15 is 0 Å². The van der Waals surface area contributed by atoms with Crippen LogP contribution in [-0.4, -0.2) is 34.5 Å². The molecule has 0 aliphatic rings. The second-order valence-electron chi connectivity index (χ2n) is 5.13. The van der Waals surface area contributed by atoms with Gasteiger partial charge in [-0.3, -0.25) is 9.59 Å². The first kappa shape index (κ1) is 15.7. The summed E-state index contributed by atoms with van der Waals surface area (Å²) in [5.74, 6) is 0.419. The smallest absolute Gasteiger partial charge is 0.257 e. The normalized spacial score (nSPS) is 10.5. The van der Waals surface area contributed by atoms with Crippen molar-refractivity contribution in [2.75, 3.05) is 6.54 Å². The van der Waals surface area contributed by atoms with Crippen LogP contribution in [0.5, 0.6) is 0 Å². The minimum Gasteiger partial charge on any atom is -0.352 e. The van der Waals surface area contributed by atoms with E-state index in [0.717, 1.165) is 5.56 Å². The Morgan fingerprint density at radius 1 is 1.23 bits per heavy atom. The molecule has 0 unspecified atom stereocenters. The minimum atomic E-state index is -0.313. The van der Waals surface area contributed by atoms with E-state index in [1.807, 2.05) is 13.8 Å². The SMILES string of the molecule is Cc1noc(-c2ccc(C(=O)NCC(=O)NC(C)C)cc2)n1. The lowest BCUT2D eigenvalue weighted by molar-refractivity contribution is -0.120. The second-order valence-corrected chi connectivity index (χ2v) is 5.13. The number of nitrogens with one attached hydrogen (secondary N) is 2. The van der Waals surface area contributed by atoms with Gasteiger partial charge in [0, 0.05) is 17.2 Å². The summed E-state index contributed by atoms with van der Waals surface area (Å²) in [6.07, 6.45) is 0. The monoisotopic (exact) mass is 302 g/mol. The predicted octanol–water partition coefficient (Wildman–Crippen LogP) is 1.30. The van der Waals surface area contributed by atoms with Gasteiger partial charge < -0.3 is 15.2 Å². The first-order valence-corrected chi connectivity index (χ1v) is 6.94. The third kappa shape index (κ3) is 4.15. The van der Waals surface area contributed by atoms with Crippen molar-refractivity contribution in [3.05, 3.63) is 35.7 Å². The van der Waals surface area contributed by atoms with Crippen LogP contribution in [-0.2, 0) is 4.79 Å². The van der Waals surface area contributed by atoms with Crippen LogP contribution in [0.3, 0.4) is 0 Å². The molecule has 0 bridgehead atoms. The zero-order valence-electron chi connectivity index (χ0n) is 12.7. The number of aromatic nitrogens is 2. The van der Waals surface area contributed by atoms with Gasteiger partial charge in [0.25, 0.3) is 11.8 Å². The molecule has 2 rings (SSSR count). The molecule has 0 spiro atoms. The Morgan fingerprint density at radius 2 is 1.91 bits per heavy atom. The fourth-order valence-corrected chi connectivity index (χ4v) is 1.81. The van der Waals surface area contributed by atoms with Crippen molar-refractivity contribution >= 4 is 11.8 Å². The molecule has 1 aromatic carbocycles. The van der Waals surface area contributed by atoms with E-state index in [4.69, 9.17) is 4.52 Å². The largest absolute Gasteiger partial charge is 0.352 e. The summed E-state index contributed by atoms with van der Waals surface area (Å²) in [5.41, 5.74) is 1.19. The van der Waals surface area contributed by atoms with Gasteiger partial charge in [0.05, 0.1) is 6.54 Å². The molecule has 0 atom stereocenters. The number of hydrogen-bond donors (Lipinski definition) is 2. The standard InChI is InChI=1S/C15H18N4O3/c1-9(2)17-13(20)8-16-14(21)11-4-6-12(7-5-11)15-18-10(3)19-22-15/h4-7,9H,8H2,1-3H3,(H,16,21)(H,17,20). The number of aryl methyl sites for hydroxylation is 1. The molecule has 0 fully saturated rings. The van der Waals surface area contributed by atoms with Gasteiger partial charge in [0.1, 0.15) is 0 Å². The molecule has 0 radical (unpaired) electrons. The second kappa shape index (κ2) is 6.84. The van der Waals surface area contributed by atoms with Crippen LogP contribution >= 0.6 is 0 Å².